The van der Waals surface area contributed by atoms with Gasteiger partial charge in [-0.1, -0.05) is 0 Å². The van der Waals surface area contributed by atoms with Crippen molar-refractivity contribution in [3.8, 4) is 6.07 Å². The summed E-state index contributed by atoms with van der Waals surface area (Å²) in [6.45, 7) is 1.84. The zero-order valence-corrected chi connectivity index (χ0v) is 17.7. The maximum atomic E-state index is 11.5. The van der Waals surface area contributed by atoms with Crippen LogP contribution in [0.2, 0.25) is 0 Å². The molecule has 2 aromatic heterocycles. The first-order valence-electron chi connectivity index (χ1n) is 9.13. The molecule has 2 N–H and O–H groups in total. The molecule has 0 aliphatic heterocycles. The Labute approximate surface area is 176 Å². The zero-order chi connectivity index (χ0) is 21.2. The minimum absolute atomic E-state index is 0.0695. The summed E-state index contributed by atoms with van der Waals surface area (Å²) in [7, 11) is 1.90. The van der Waals surface area contributed by atoms with Gasteiger partial charge in [-0.15, -0.1) is 0 Å². The number of hydrogen-bond donors (Lipinski definition) is 2. The van der Waals surface area contributed by atoms with Gasteiger partial charge < -0.3 is 15.3 Å². The molecule has 0 saturated heterocycles. The van der Waals surface area contributed by atoms with E-state index in [0.717, 1.165) is 12.8 Å². The highest BCUT2D eigenvalue weighted by Crippen LogP contribution is 2.37. The van der Waals surface area contributed by atoms with Gasteiger partial charge in [-0.2, -0.15) is 5.26 Å². The lowest BCUT2D eigenvalue weighted by Gasteiger charge is -2.38. The molecule has 0 radical (unpaired) electrons. The predicted molar refractivity (Wildman–Crippen MR) is 112 cm³/mol. The van der Waals surface area contributed by atoms with Crippen LogP contribution in [0.5, 0.6) is 0 Å². The van der Waals surface area contributed by atoms with Crippen LogP contribution in [-0.2, 0) is 0 Å². The SMILES string of the molecule is CN(c1nc(Nc2ccc(C#N)cn2)c([N+](=O)[O-])cc1Br)[C@H]1CC[C@@](C)(O)CC1. The number of aromatic nitrogens is 2. The van der Waals surface area contributed by atoms with Crippen molar-refractivity contribution in [2.24, 2.45) is 0 Å². The van der Waals surface area contributed by atoms with E-state index < -0.39 is 10.5 Å². The predicted octanol–water partition coefficient (Wildman–Crippen LogP) is 3.89. The van der Waals surface area contributed by atoms with Crippen molar-refractivity contribution in [2.75, 3.05) is 17.3 Å². The van der Waals surface area contributed by atoms with Gasteiger partial charge in [-0.3, -0.25) is 10.1 Å². The van der Waals surface area contributed by atoms with Gasteiger partial charge in [0.2, 0.25) is 5.82 Å². The Morgan fingerprint density at radius 1 is 1.45 bits per heavy atom. The summed E-state index contributed by atoms with van der Waals surface area (Å²) in [6.07, 6.45) is 4.36. The van der Waals surface area contributed by atoms with Gasteiger partial charge in [0.05, 0.1) is 20.6 Å². The van der Waals surface area contributed by atoms with Gasteiger partial charge in [0, 0.05) is 25.4 Å². The monoisotopic (exact) mass is 460 g/mol. The number of nitrogens with one attached hydrogen (secondary N) is 1. The molecule has 10 heteroatoms. The van der Waals surface area contributed by atoms with Crippen molar-refractivity contribution < 1.29 is 10.0 Å². The number of aliphatic hydroxyl groups is 1. The van der Waals surface area contributed by atoms with Crippen LogP contribution < -0.4 is 10.2 Å². The van der Waals surface area contributed by atoms with E-state index in [1.807, 2.05) is 24.9 Å². The smallest absolute Gasteiger partial charge is 0.313 e. The van der Waals surface area contributed by atoms with Crippen molar-refractivity contribution in [3.63, 3.8) is 0 Å². The molecule has 1 aliphatic carbocycles. The molecule has 1 aliphatic rings. The summed E-state index contributed by atoms with van der Waals surface area (Å²) in [6, 6.07) is 6.70. The Morgan fingerprint density at radius 2 is 2.14 bits per heavy atom. The van der Waals surface area contributed by atoms with Crippen molar-refractivity contribution in [1.82, 2.24) is 9.97 Å². The number of nitro groups is 1. The number of rotatable bonds is 5. The fourth-order valence-electron chi connectivity index (χ4n) is 3.39. The average Bonchev–Trinajstić information content (AvgIpc) is 2.69. The van der Waals surface area contributed by atoms with Crippen LogP contribution in [0.25, 0.3) is 0 Å². The van der Waals surface area contributed by atoms with Crippen LogP contribution in [0.3, 0.4) is 0 Å². The molecule has 0 unspecified atom stereocenters. The van der Waals surface area contributed by atoms with Crippen LogP contribution in [0.15, 0.2) is 28.9 Å². The highest BCUT2D eigenvalue weighted by atomic mass is 79.9. The lowest BCUT2D eigenvalue weighted by Crippen LogP contribution is -2.41. The first-order valence-corrected chi connectivity index (χ1v) is 9.93. The standard InChI is InChI=1S/C19H21BrN6O3/c1-19(27)7-5-13(6-8-19)25(2)18-14(20)9-15(26(28)29)17(24-18)23-16-4-3-12(10-21)11-22-16/h3-4,9,11,13,27H,5-8H2,1-2H3,(H,22,23,24)/t13-,19+. The van der Waals surface area contributed by atoms with Crippen LogP contribution in [0.4, 0.5) is 23.1 Å². The minimum atomic E-state index is -0.647. The van der Waals surface area contributed by atoms with E-state index >= 15 is 0 Å². The molecule has 2 heterocycles. The zero-order valence-electron chi connectivity index (χ0n) is 16.1. The van der Waals surface area contributed by atoms with E-state index in [4.69, 9.17) is 5.26 Å². The number of pyridine rings is 2. The van der Waals surface area contributed by atoms with Crippen molar-refractivity contribution >= 4 is 39.1 Å². The van der Waals surface area contributed by atoms with Gasteiger partial charge in [-0.25, -0.2) is 9.97 Å². The Bertz CT molecular complexity index is 948. The summed E-state index contributed by atoms with van der Waals surface area (Å²) in [4.78, 5) is 21.6. The lowest BCUT2D eigenvalue weighted by atomic mass is 9.83. The summed E-state index contributed by atoms with van der Waals surface area (Å²) in [5.74, 6) is 0.989. The number of hydrogen-bond acceptors (Lipinski definition) is 8. The first-order chi connectivity index (χ1) is 13.7. The molecule has 0 aromatic carbocycles. The number of halogens is 1. The topological polar surface area (TPSA) is 128 Å². The molecule has 0 bridgehead atoms. The summed E-state index contributed by atoms with van der Waals surface area (Å²) in [5.41, 5.74) is -0.444. The third kappa shape index (κ3) is 4.81. The van der Waals surface area contributed by atoms with E-state index in [9.17, 15) is 15.2 Å². The molecule has 0 amide bonds. The molecular weight excluding hydrogens is 440 g/mol. The molecule has 3 rings (SSSR count). The second kappa shape index (κ2) is 8.31. The first kappa shape index (κ1) is 21.0. The lowest BCUT2D eigenvalue weighted by molar-refractivity contribution is -0.384. The van der Waals surface area contributed by atoms with Gasteiger partial charge in [-0.05, 0) is 60.7 Å². The molecule has 1 fully saturated rings. The highest BCUT2D eigenvalue weighted by Gasteiger charge is 2.32. The van der Waals surface area contributed by atoms with E-state index in [1.165, 1.54) is 12.3 Å². The fourth-order valence-corrected chi connectivity index (χ4v) is 3.97. The van der Waals surface area contributed by atoms with Gasteiger partial charge >= 0.3 is 5.69 Å². The second-order valence-electron chi connectivity index (χ2n) is 7.43. The van der Waals surface area contributed by atoms with Crippen LogP contribution in [0.1, 0.15) is 38.2 Å². The van der Waals surface area contributed by atoms with E-state index in [2.05, 4.69) is 31.2 Å². The average molecular weight is 461 g/mol. The van der Waals surface area contributed by atoms with Crippen LogP contribution in [-0.4, -0.2) is 38.7 Å². The van der Waals surface area contributed by atoms with E-state index in [1.54, 1.807) is 12.1 Å². The van der Waals surface area contributed by atoms with E-state index in [0.29, 0.717) is 34.5 Å². The minimum Gasteiger partial charge on any atom is -0.390 e. The van der Waals surface area contributed by atoms with Gasteiger partial charge in [0.25, 0.3) is 0 Å². The summed E-state index contributed by atoms with van der Waals surface area (Å²) < 4.78 is 0.516. The molecule has 29 heavy (non-hydrogen) atoms. The van der Waals surface area contributed by atoms with Crippen LogP contribution in [0, 0.1) is 21.4 Å². The number of anilines is 3. The maximum Gasteiger partial charge on any atom is 0.313 e. The Kier molecular flexibility index (Phi) is 6.00. The molecule has 2 aromatic rings. The summed E-state index contributed by atoms with van der Waals surface area (Å²) in [5, 5.41) is 33.5. The quantitative estimate of drug-likeness (QED) is 0.507. The van der Waals surface area contributed by atoms with Gasteiger partial charge in [0.15, 0.2) is 0 Å². The Morgan fingerprint density at radius 3 is 2.69 bits per heavy atom. The van der Waals surface area contributed by atoms with Crippen molar-refractivity contribution in [3.05, 3.63) is 44.5 Å². The third-order valence-electron chi connectivity index (χ3n) is 5.19. The Hall–Kier alpha value is -2.77. The normalized spacial score (nSPS) is 21.3. The number of nitriles is 1. The molecule has 9 nitrogen and oxygen atoms in total. The fraction of sp³-hybridized carbons (Fsp3) is 0.421. The largest absolute Gasteiger partial charge is 0.390 e. The van der Waals surface area contributed by atoms with Crippen molar-refractivity contribution in [2.45, 2.75) is 44.2 Å². The molecule has 1 saturated carbocycles. The third-order valence-corrected chi connectivity index (χ3v) is 5.77. The van der Waals surface area contributed by atoms with Crippen molar-refractivity contribution in [1.29, 1.82) is 5.26 Å². The van der Waals surface area contributed by atoms with Gasteiger partial charge in [0.1, 0.15) is 17.7 Å². The molecule has 152 valence electrons. The van der Waals surface area contributed by atoms with Crippen LogP contribution >= 0.6 is 15.9 Å². The second-order valence-corrected chi connectivity index (χ2v) is 8.28. The maximum absolute atomic E-state index is 11.5. The number of nitrogens with zero attached hydrogens (tertiary/aromatic N) is 5. The Balaban J connectivity index is 1.91. The molecule has 0 atom stereocenters. The molecule has 0 spiro atoms. The molecular formula is C19H21BrN6O3. The van der Waals surface area contributed by atoms with E-state index in [-0.39, 0.29) is 17.5 Å². The summed E-state index contributed by atoms with van der Waals surface area (Å²) >= 11 is 3.41. The highest BCUT2D eigenvalue weighted by molar-refractivity contribution is 9.10.